The lowest BCUT2D eigenvalue weighted by atomic mass is 10.0. The van der Waals surface area contributed by atoms with Crippen LogP contribution in [0.5, 0.6) is 5.75 Å². The molecule has 0 saturated heterocycles. The minimum Gasteiger partial charge on any atom is -0.489 e. The summed E-state index contributed by atoms with van der Waals surface area (Å²) < 4.78 is 9.96. The van der Waals surface area contributed by atoms with Gasteiger partial charge in [-0.15, -0.1) is 0 Å². The molecule has 4 heteroatoms. The first-order chi connectivity index (χ1) is 13.9. The van der Waals surface area contributed by atoms with E-state index in [-0.39, 0.29) is 0 Å². The van der Waals surface area contributed by atoms with Crippen LogP contribution < -0.4 is 4.74 Å². The average Bonchev–Trinajstić information content (AvgIpc) is 3.50. The number of aryl methyl sites for hydroxylation is 1. The maximum Gasteiger partial charge on any atom is 0.293 e. The van der Waals surface area contributed by atoms with E-state index in [2.05, 4.69) is 49.4 Å². The highest BCUT2D eigenvalue weighted by atomic mass is 35.5. The van der Waals surface area contributed by atoms with Crippen LogP contribution in [-0.4, -0.2) is 19.7 Å². The van der Waals surface area contributed by atoms with Gasteiger partial charge >= 0.3 is 0 Å². The first-order valence-electron chi connectivity index (χ1n) is 10.1. The Hall–Kier alpha value is -2.26. The van der Waals surface area contributed by atoms with Crippen LogP contribution in [0.2, 0.25) is 5.02 Å². The normalized spacial score (nSPS) is 11.9. The lowest BCUT2D eigenvalue weighted by Crippen LogP contribution is -1.99. The molecule has 0 amide bonds. The Morgan fingerprint density at radius 1 is 1.17 bits per heavy atom. The molecule has 0 spiro atoms. The Morgan fingerprint density at radius 2 is 1.79 bits per heavy atom. The molecule has 2 aromatic rings. The van der Waals surface area contributed by atoms with Crippen LogP contribution >= 0.6 is 11.6 Å². The maximum atomic E-state index is 9.18. The predicted octanol–water partition coefficient (Wildman–Crippen LogP) is 7.12. The van der Waals surface area contributed by atoms with E-state index in [1.807, 2.05) is 25.1 Å². The zero-order valence-electron chi connectivity index (χ0n) is 18.0. The second-order valence-electron chi connectivity index (χ2n) is 7.17. The first-order valence-corrected chi connectivity index (χ1v) is 10.5. The van der Waals surface area contributed by atoms with Crippen molar-refractivity contribution in [3.05, 3.63) is 65.2 Å². The summed E-state index contributed by atoms with van der Waals surface area (Å²) in [6.45, 7) is 13.4. The van der Waals surface area contributed by atoms with Crippen LogP contribution in [0.15, 0.2) is 54.6 Å². The number of carbonyl (C=O) groups is 1. The van der Waals surface area contributed by atoms with Gasteiger partial charge in [0, 0.05) is 10.6 Å². The molecule has 3 nitrogen and oxygen atoms in total. The molecule has 0 unspecified atom stereocenters. The second-order valence-corrected chi connectivity index (χ2v) is 7.61. The van der Waals surface area contributed by atoms with Gasteiger partial charge in [-0.2, -0.15) is 0 Å². The molecule has 0 N–H and O–H groups in total. The third-order valence-corrected chi connectivity index (χ3v) is 4.42. The van der Waals surface area contributed by atoms with Gasteiger partial charge in [0.1, 0.15) is 12.4 Å². The van der Waals surface area contributed by atoms with Gasteiger partial charge in [-0.05, 0) is 61.1 Å². The van der Waals surface area contributed by atoms with Crippen LogP contribution in [0.4, 0.5) is 0 Å². The molecule has 0 heterocycles. The number of halogens is 1. The van der Waals surface area contributed by atoms with Crippen LogP contribution in [-0.2, 0) is 16.0 Å². The Bertz CT molecular complexity index is 749. The van der Waals surface area contributed by atoms with E-state index in [1.165, 1.54) is 18.4 Å². The zero-order chi connectivity index (χ0) is 21.6. The molecule has 2 aromatic carbocycles. The predicted molar refractivity (Wildman–Crippen MR) is 123 cm³/mol. The van der Waals surface area contributed by atoms with Gasteiger partial charge in [-0.25, -0.2) is 0 Å². The number of hydrogen-bond donors (Lipinski definition) is 0. The summed E-state index contributed by atoms with van der Waals surface area (Å²) in [6.07, 6.45) is 4.01. The molecule has 1 aliphatic carbocycles. The molecule has 3 rings (SSSR count). The quantitative estimate of drug-likeness (QED) is 0.356. The fourth-order valence-corrected chi connectivity index (χ4v) is 2.38. The highest BCUT2D eigenvalue weighted by molar-refractivity contribution is 6.31. The number of benzene rings is 2. The van der Waals surface area contributed by atoms with E-state index in [0.29, 0.717) is 24.7 Å². The lowest BCUT2D eigenvalue weighted by Gasteiger charge is -2.12. The molecule has 0 radical (unpaired) electrons. The van der Waals surface area contributed by atoms with E-state index in [4.69, 9.17) is 16.3 Å². The molecule has 0 aliphatic heterocycles. The van der Waals surface area contributed by atoms with Crippen molar-refractivity contribution in [2.45, 2.75) is 47.0 Å². The zero-order valence-corrected chi connectivity index (χ0v) is 18.8. The summed E-state index contributed by atoms with van der Waals surface area (Å²) >= 11 is 6.11. The molecular weight excluding hydrogens is 384 g/mol. The topological polar surface area (TPSA) is 35.5 Å². The summed E-state index contributed by atoms with van der Waals surface area (Å²) in [5, 5.41) is 0.710. The molecule has 1 aliphatic rings. The molecule has 0 aromatic heterocycles. The third-order valence-electron chi connectivity index (χ3n) is 4.19. The molecule has 29 heavy (non-hydrogen) atoms. The van der Waals surface area contributed by atoms with E-state index < -0.39 is 0 Å². The van der Waals surface area contributed by atoms with E-state index in [9.17, 15) is 4.79 Å². The molecule has 1 saturated carbocycles. The van der Waals surface area contributed by atoms with E-state index in [0.717, 1.165) is 34.8 Å². The van der Waals surface area contributed by atoms with Crippen LogP contribution in [0.25, 0.3) is 11.1 Å². The third kappa shape index (κ3) is 10.7. The van der Waals surface area contributed by atoms with Gasteiger partial charge in [0.05, 0.1) is 6.61 Å². The van der Waals surface area contributed by atoms with Crippen molar-refractivity contribution in [2.75, 3.05) is 13.2 Å². The monoisotopic (exact) mass is 416 g/mol. The maximum absolute atomic E-state index is 9.18. The summed E-state index contributed by atoms with van der Waals surface area (Å²) in [4.78, 5) is 9.18. The lowest BCUT2D eigenvalue weighted by molar-refractivity contribution is -0.128. The minimum absolute atomic E-state index is 0.431. The van der Waals surface area contributed by atoms with Gasteiger partial charge < -0.3 is 9.47 Å². The summed E-state index contributed by atoms with van der Waals surface area (Å²) in [6, 6.07) is 14.2. The Balaban J connectivity index is 0.000000386. The average molecular weight is 417 g/mol. The van der Waals surface area contributed by atoms with Gasteiger partial charge in [0.2, 0.25) is 0 Å². The summed E-state index contributed by atoms with van der Waals surface area (Å²) in [5.74, 6) is 1.92. The Kier molecular flexibility index (Phi) is 11.8. The largest absolute Gasteiger partial charge is 0.489 e. The SMILES string of the molecule is C=C(C)COc1ccc(Cl)cc1-c1ccc(CC)cc1.CC1CC1.CCOC=O. The van der Waals surface area contributed by atoms with Crippen molar-refractivity contribution in [2.24, 2.45) is 5.92 Å². The highest BCUT2D eigenvalue weighted by Crippen LogP contribution is 2.33. The molecular formula is C25H33ClO3. The number of rotatable bonds is 7. The van der Waals surface area contributed by atoms with E-state index >= 15 is 0 Å². The number of carbonyl (C=O) groups excluding carboxylic acids is 1. The number of ether oxygens (including phenoxy) is 2. The van der Waals surface area contributed by atoms with Crippen molar-refractivity contribution in [1.82, 2.24) is 0 Å². The van der Waals surface area contributed by atoms with Crippen LogP contribution in [0, 0.1) is 5.92 Å². The minimum atomic E-state index is 0.431. The smallest absolute Gasteiger partial charge is 0.293 e. The fourth-order valence-electron chi connectivity index (χ4n) is 2.21. The van der Waals surface area contributed by atoms with Crippen molar-refractivity contribution in [1.29, 1.82) is 0 Å². The van der Waals surface area contributed by atoms with Crippen molar-refractivity contribution in [3.63, 3.8) is 0 Å². The van der Waals surface area contributed by atoms with Gasteiger partial charge in [-0.3, -0.25) is 4.79 Å². The van der Waals surface area contributed by atoms with Crippen molar-refractivity contribution >= 4 is 18.1 Å². The highest BCUT2D eigenvalue weighted by Gasteiger charge is 2.12. The van der Waals surface area contributed by atoms with Gasteiger partial charge in [0.15, 0.2) is 0 Å². The number of hydrogen-bond acceptors (Lipinski definition) is 3. The summed E-state index contributed by atoms with van der Waals surface area (Å²) in [7, 11) is 0. The molecule has 1 fully saturated rings. The molecule has 0 bridgehead atoms. The Morgan fingerprint density at radius 3 is 2.21 bits per heavy atom. The van der Waals surface area contributed by atoms with Gasteiger partial charge in [-0.1, -0.05) is 69.1 Å². The van der Waals surface area contributed by atoms with Crippen LogP contribution in [0.3, 0.4) is 0 Å². The standard InChI is InChI=1S/C18H19ClO.C4H8.C3H6O2/c1-4-14-5-7-15(8-6-14)17-11-16(19)9-10-18(17)20-12-13(2)3;1-4-2-3-4;1-2-5-3-4/h5-11H,2,4,12H2,1,3H3;4H,2-3H2,1H3;3H,2H2,1H3. The fraction of sp³-hybridized carbons (Fsp3) is 0.400. The molecule has 158 valence electrons. The summed E-state index contributed by atoms with van der Waals surface area (Å²) in [5.41, 5.74) is 4.44. The Labute approximate surface area is 180 Å². The molecule has 0 atom stereocenters. The second kappa shape index (κ2) is 13.8. The van der Waals surface area contributed by atoms with E-state index in [1.54, 1.807) is 6.92 Å². The van der Waals surface area contributed by atoms with Gasteiger partial charge in [0.25, 0.3) is 6.47 Å². The first kappa shape index (κ1) is 24.8. The van der Waals surface area contributed by atoms with Crippen LogP contribution in [0.1, 0.15) is 46.1 Å². The van der Waals surface area contributed by atoms with Crippen molar-refractivity contribution in [3.8, 4) is 16.9 Å². The van der Waals surface area contributed by atoms with Crippen molar-refractivity contribution < 1.29 is 14.3 Å².